The first-order valence-corrected chi connectivity index (χ1v) is 14.0. The smallest absolute Gasteiger partial charge is 0.251 e. The zero-order chi connectivity index (χ0) is 28.8. The molecule has 2 heterocycles. The van der Waals surface area contributed by atoms with Crippen molar-refractivity contribution in [3.05, 3.63) is 48.5 Å². The van der Waals surface area contributed by atoms with Crippen LogP contribution >= 0.6 is 0 Å². The number of rotatable bonds is 9. The number of aliphatic hydroxyl groups excluding tert-OH is 2. The van der Waals surface area contributed by atoms with Gasteiger partial charge < -0.3 is 30.6 Å². The van der Waals surface area contributed by atoms with E-state index >= 15 is 0 Å². The minimum absolute atomic E-state index is 0.148. The van der Waals surface area contributed by atoms with Crippen LogP contribution < -0.4 is 10.6 Å². The second-order valence-electron chi connectivity index (χ2n) is 10.5. The maximum absolute atomic E-state index is 12.7. The van der Waals surface area contributed by atoms with Crippen LogP contribution in [0.1, 0.15) is 39.5 Å². The molecule has 2 aliphatic rings. The van der Waals surface area contributed by atoms with Gasteiger partial charge in [-0.2, -0.15) is 0 Å². The number of aliphatic hydroxyl groups is 2. The van der Waals surface area contributed by atoms with Crippen molar-refractivity contribution >= 4 is 35.0 Å². The van der Waals surface area contributed by atoms with Crippen LogP contribution in [0.25, 0.3) is 11.1 Å². The molecule has 4 rings (SSSR count). The highest BCUT2D eigenvalue weighted by Crippen LogP contribution is 2.26. The Kier molecular flexibility index (Phi) is 9.54. The van der Waals surface area contributed by atoms with Gasteiger partial charge in [0.1, 0.15) is 12.2 Å². The Hall–Kier alpha value is -3.76. The van der Waals surface area contributed by atoms with Gasteiger partial charge in [-0.3, -0.25) is 19.2 Å². The maximum Gasteiger partial charge on any atom is 0.251 e. The molecule has 214 valence electrons. The zero-order valence-corrected chi connectivity index (χ0v) is 23.0. The summed E-state index contributed by atoms with van der Waals surface area (Å²) in [4.78, 5) is 52.9. The van der Waals surface area contributed by atoms with E-state index in [4.69, 9.17) is 0 Å². The summed E-state index contributed by atoms with van der Waals surface area (Å²) in [5.41, 5.74) is 3.21. The largest absolute Gasteiger partial charge is 0.383 e. The average Bonchev–Trinajstić information content (AvgIpc) is 3.67. The molecule has 0 saturated carbocycles. The fourth-order valence-electron chi connectivity index (χ4n) is 5.10. The van der Waals surface area contributed by atoms with Crippen molar-refractivity contribution in [1.82, 2.24) is 9.80 Å². The van der Waals surface area contributed by atoms with Crippen molar-refractivity contribution in [2.75, 3.05) is 36.8 Å². The molecule has 4 atom stereocenters. The number of carbonyl (C=O) groups excluding carboxylic acids is 4. The number of hydrogen-bond donors (Lipinski definition) is 4. The van der Waals surface area contributed by atoms with Crippen molar-refractivity contribution in [1.29, 1.82) is 0 Å². The minimum Gasteiger partial charge on any atom is -0.383 e. The van der Waals surface area contributed by atoms with Gasteiger partial charge in [0, 0.05) is 37.6 Å². The fraction of sp³-hybridized carbons (Fsp3) is 0.467. The van der Waals surface area contributed by atoms with E-state index in [-0.39, 0.29) is 35.5 Å². The van der Waals surface area contributed by atoms with E-state index in [1.807, 2.05) is 48.5 Å². The Labute approximate surface area is 234 Å². The lowest BCUT2D eigenvalue weighted by molar-refractivity contribution is -0.140. The van der Waals surface area contributed by atoms with Gasteiger partial charge in [-0.15, -0.1) is 0 Å². The summed E-state index contributed by atoms with van der Waals surface area (Å²) in [7, 11) is 0. The standard InChI is InChI=1S/C30H38N4O6/c1-3-25(35)29(39)33-15-13-21(17-33)27(37)31-23-9-5-19(6-10-23)20-7-11-24(12-8-20)32-28(38)22-14-16-34(18-22)30(40)26(36)4-2/h5-12,21-22,25-26,35-36H,3-4,13-18H2,1-2H3,(H,31,37)(H,32,38)/t21-,22+,25-,26+. The normalized spacial score (nSPS) is 20.2. The summed E-state index contributed by atoms with van der Waals surface area (Å²) in [6, 6.07) is 14.9. The highest BCUT2D eigenvalue weighted by atomic mass is 16.3. The molecular formula is C30H38N4O6. The van der Waals surface area contributed by atoms with E-state index in [9.17, 15) is 29.4 Å². The molecule has 0 spiro atoms. The Morgan fingerprint density at radius 1 is 0.700 bits per heavy atom. The Balaban J connectivity index is 1.27. The van der Waals surface area contributed by atoms with Gasteiger partial charge in [0.15, 0.2) is 0 Å². The first-order valence-electron chi connectivity index (χ1n) is 14.0. The van der Waals surface area contributed by atoms with Crippen molar-refractivity contribution in [3.63, 3.8) is 0 Å². The molecule has 10 heteroatoms. The molecule has 2 aliphatic heterocycles. The topological polar surface area (TPSA) is 139 Å². The number of anilines is 2. The molecule has 0 aliphatic carbocycles. The lowest BCUT2D eigenvalue weighted by atomic mass is 10.0. The Bertz CT molecular complexity index is 1120. The number of benzene rings is 2. The monoisotopic (exact) mass is 550 g/mol. The first kappa shape index (κ1) is 29.2. The van der Waals surface area contributed by atoms with Crippen LogP contribution in [0.4, 0.5) is 11.4 Å². The number of carbonyl (C=O) groups is 4. The number of amides is 4. The van der Waals surface area contributed by atoms with E-state index in [2.05, 4.69) is 10.6 Å². The van der Waals surface area contributed by atoms with Gasteiger partial charge >= 0.3 is 0 Å². The van der Waals surface area contributed by atoms with Gasteiger partial charge in [-0.05, 0) is 61.1 Å². The van der Waals surface area contributed by atoms with E-state index in [1.165, 1.54) is 0 Å². The summed E-state index contributed by atoms with van der Waals surface area (Å²) in [5.74, 6) is -1.57. The summed E-state index contributed by atoms with van der Waals surface area (Å²) >= 11 is 0. The number of likely N-dealkylation sites (tertiary alicyclic amines) is 2. The highest BCUT2D eigenvalue weighted by molar-refractivity contribution is 5.95. The Morgan fingerprint density at radius 2 is 1.05 bits per heavy atom. The van der Waals surface area contributed by atoms with Crippen molar-refractivity contribution in [2.45, 2.75) is 51.7 Å². The highest BCUT2D eigenvalue weighted by Gasteiger charge is 2.34. The van der Waals surface area contributed by atoms with E-state index in [0.717, 1.165) is 11.1 Å². The third-order valence-electron chi connectivity index (χ3n) is 7.72. The van der Waals surface area contributed by atoms with Crippen LogP contribution in [0.2, 0.25) is 0 Å². The van der Waals surface area contributed by atoms with Crippen molar-refractivity contribution in [2.24, 2.45) is 11.8 Å². The third-order valence-corrected chi connectivity index (χ3v) is 7.72. The van der Waals surface area contributed by atoms with E-state index in [0.29, 0.717) is 63.2 Å². The summed E-state index contributed by atoms with van der Waals surface area (Å²) in [6.45, 7) is 5.03. The van der Waals surface area contributed by atoms with E-state index < -0.39 is 12.2 Å². The first-order chi connectivity index (χ1) is 19.2. The molecule has 2 aromatic rings. The predicted molar refractivity (Wildman–Crippen MR) is 151 cm³/mol. The maximum atomic E-state index is 12.7. The molecule has 40 heavy (non-hydrogen) atoms. The van der Waals surface area contributed by atoms with Crippen LogP contribution in [-0.4, -0.2) is 82.0 Å². The predicted octanol–water partition coefficient (Wildman–Crippen LogP) is 2.47. The number of hydrogen-bond acceptors (Lipinski definition) is 6. The number of nitrogens with zero attached hydrogens (tertiary/aromatic N) is 2. The Morgan fingerprint density at radius 3 is 1.38 bits per heavy atom. The van der Waals surface area contributed by atoms with E-state index in [1.54, 1.807) is 23.6 Å². The molecule has 0 radical (unpaired) electrons. The number of nitrogens with one attached hydrogen (secondary N) is 2. The minimum atomic E-state index is -1.02. The van der Waals surface area contributed by atoms with Crippen molar-refractivity contribution in [3.8, 4) is 11.1 Å². The van der Waals surface area contributed by atoms with Crippen LogP contribution in [0.15, 0.2) is 48.5 Å². The summed E-state index contributed by atoms with van der Waals surface area (Å²) < 4.78 is 0. The molecule has 0 bridgehead atoms. The zero-order valence-electron chi connectivity index (χ0n) is 23.0. The molecule has 4 N–H and O–H groups in total. The molecule has 2 aromatic carbocycles. The average molecular weight is 551 g/mol. The second kappa shape index (κ2) is 13.1. The lowest BCUT2D eigenvalue weighted by Gasteiger charge is -2.19. The molecule has 2 saturated heterocycles. The lowest BCUT2D eigenvalue weighted by Crippen LogP contribution is -2.38. The van der Waals surface area contributed by atoms with Gasteiger partial charge in [-0.25, -0.2) is 0 Å². The fourth-order valence-corrected chi connectivity index (χ4v) is 5.10. The second-order valence-corrected chi connectivity index (χ2v) is 10.5. The summed E-state index contributed by atoms with van der Waals surface area (Å²) in [6.07, 6.45) is -0.205. The SMILES string of the molecule is CC[C@@H](O)C(=O)N1CC[C@@H](C(=O)Nc2ccc(-c3ccc(NC(=O)[C@H]4CCN(C(=O)[C@@H](O)CC)C4)cc3)cc2)C1. The molecule has 0 aromatic heterocycles. The molecule has 4 amide bonds. The van der Waals surface area contributed by atoms with Gasteiger partial charge in [0.2, 0.25) is 11.8 Å². The van der Waals surface area contributed by atoms with Crippen LogP contribution in [-0.2, 0) is 19.2 Å². The van der Waals surface area contributed by atoms with Crippen LogP contribution in [0.5, 0.6) is 0 Å². The summed E-state index contributed by atoms with van der Waals surface area (Å²) in [5, 5.41) is 25.4. The van der Waals surface area contributed by atoms with Crippen LogP contribution in [0.3, 0.4) is 0 Å². The quantitative estimate of drug-likeness (QED) is 0.378. The van der Waals surface area contributed by atoms with Crippen molar-refractivity contribution < 1.29 is 29.4 Å². The third kappa shape index (κ3) is 6.86. The molecular weight excluding hydrogens is 512 g/mol. The molecule has 0 unspecified atom stereocenters. The molecule has 10 nitrogen and oxygen atoms in total. The van der Waals surface area contributed by atoms with Gasteiger partial charge in [0.05, 0.1) is 11.8 Å². The van der Waals surface area contributed by atoms with Gasteiger partial charge in [0.25, 0.3) is 11.8 Å². The van der Waals surface area contributed by atoms with Crippen LogP contribution in [0, 0.1) is 11.8 Å². The van der Waals surface area contributed by atoms with Gasteiger partial charge in [-0.1, -0.05) is 38.1 Å². The molecule has 2 fully saturated rings.